The van der Waals surface area contributed by atoms with Crippen molar-refractivity contribution in [3.8, 4) is 0 Å². The van der Waals surface area contributed by atoms with Gasteiger partial charge >= 0.3 is 5.97 Å². The zero-order chi connectivity index (χ0) is 10.9. The maximum atomic E-state index is 10.8. The molecule has 0 heterocycles. The summed E-state index contributed by atoms with van der Waals surface area (Å²) in [6, 6.07) is -0.426. The molecule has 0 spiro atoms. The monoisotopic (exact) mass is 431 g/mol. The molecule has 3 nitrogen and oxygen atoms in total. The molecule has 0 amide bonds. The third-order valence-corrected chi connectivity index (χ3v) is 2.54. The van der Waals surface area contributed by atoms with Crippen LogP contribution in [0.2, 0.25) is 0 Å². The Morgan fingerprint density at radius 3 is 2.31 bits per heavy atom. The average molecular weight is 431 g/mol. The van der Waals surface area contributed by atoms with Crippen molar-refractivity contribution in [2.45, 2.75) is 12.5 Å². The predicted octanol–water partition coefficient (Wildman–Crippen LogP) is 2.39. The van der Waals surface area contributed by atoms with Crippen molar-refractivity contribution < 1.29 is 9.53 Å². The Kier molecular flexibility index (Phi) is 14.7. The Labute approximate surface area is 105 Å². The van der Waals surface area contributed by atoms with Crippen LogP contribution in [0, 0.1) is 0 Å². The minimum absolute atomic E-state index is 0.0495. The van der Waals surface area contributed by atoms with Gasteiger partial charge in [0.25, 0.3) is 0 Å². The number of halogens is 2. The van der Waals surface area contributed by atoms with E-state index < -0.39 is 6.04 Å². The van der Waals surface area contributed by atoms with Gasteiger partial charge in [0, 0.05) is 37.2 Å². The Balaban J connectivity index is 0. The molecule has 0 saturated carbocycles. The Hall–Kier alpha value is 1.32. The Morgan fingerprint density at radius 1 is 1.54 bits per heavy atom. The first-order valence-corrected chi connectivity index (χ1v) is 12.4. The second-order valence-electron chi connectivity index (χ2n) is 2.72. The molecule has 0 rings (SSSR count). The van der Waals surface area contributed by atoms with Crippen LogP contribution < -0.4 is 5.73 Å². The van der Waals surface area contributed by atoms with Crippen molar-refractivity contribution >= 4 is 51.1 Å². The molecule has 0 aromatic heterocycles. The van der Waals surface area contributed by atoms with E-state index in [4.69, 9.17) is 5.73 Å². The van der Waals surface area contributed by atoms with Crippen LogP contribution in [0.15, 0.2) is 0 Å². The number of nitrogens with two attached hydrogens (primary N) is 1. The lowest BCUT2D eigenvalue weighted by Crippen LogP contribution is -2.32. The second kappa shape index (κ2) is 11.4. The minimum atomic E-state index is -0.426. The summed E-state index contributed by atoms with van der Waals surface area (Å²) in [4.78, 5) is 10.8. The number of ether oxygens (including phenoxy) is 1. The zero-order valence-electron chi connectivity index (χ0n) is 8.09. The molecule has 0 fully saturated rings. The fourth-order valence-electron chi connectivity index (χ4n) is 0.667. The van der Waals surface area contributed by atoms with Gasteiger partial charge in [-0.1, -0.05) is 0 Å². The van der Waals surface area contributed by atoms with Crippen molar-refractivity contribution in [2.75, 3.05) is 26.6 Å². The van der Waals surface area contributed by atoms with Crippen LogP contribution in [-0.2, 0) is 9.53 Å². The summed E-state index contributed by atoms with van der Waals surface area (Å²) in [5.41, 5.74) is 5.51. The molecule has 0 saturated heterocycles. The van der Waals surface area contributed by atoms with E-state index in [2.05, 4.69) is 55.3 Å². The minimum Gasteiger partial charge on any atom is -0.468 e. The predicted molar refractivity (Wildman–Crippen MR) is 76.3 cm³/mol. The molecule has 6 heteroatoms. The van der Waals surface area contributed by atoms with Crippen LogP contribution in [0.3, 0.4) is 0 Å². The summed E-state index contributed by atoms with van der Waals surface area (Å²) in [5, 5.41) is 0. The van der Waals surface area contributed by atoms with Gasteiger partial charge < -0.3 is 10.5 Å². The van der Waals surface area contributed by atoms with Gasteiger partial charge in [-0.2, -0.15) is 0 Å². The van der Waals surface area contributed by atoms with E-state index in [1.165, 1.54) is 7.11 Å². The van der Waals surface area contributed by atoms with Crippen molar-refractivity contribution in [1.82, 2.24) is 0 Å². The molecule has 0 aliphatic carbocycles. The topological polar surface area (TPSA) is 52.3 Å². The molecule has 0 aliphatic heterocycles. The van der Waals surface area contributed by atoms with E-state index in [0.29, 0.717) is 0 Å². The van der Waals surface area contributed by atoms with E-state index in [1.807, 2.05) is 0 Å². The Morgan fingerprint density at radius 2 is 2.00 bits per heavy atom. The van der Waals surface area contributed by atoms with Gasteiger partial charge in [-0.25, -0.2) is 0 Å². The number of hydrogen-bond acceptors (Lipinski definition) is 3. The number of esters is 1. The summed E-state index contributed by atoms with van der Waals surface area (Å²) in [6.07, 6.45) is 1.77. The van der Waals surface area contributed by atoms with Crippen molar-refractivity contribution in [3.05, 3.63) is 0 Å². The van der Waals surface area contributed by atoms with E-state index in [1.54, 1.807) is 0 Å². The molecule has 0 aliphatic rings. The first kappa shape index (κ1) is 16.7. The van der Waals surface area contributed by atoms with Gasteiger partial charge in [0.05, 0.1) is 7.11 Å². The molecule has 0 bridgehead atoms. The first-order chi connectivity index (χ1) is 6.07. The average Bonchev–Trinajstić information content (AvgIpc) is 2.16. The standard InChI is InChI=1S/C7H16NO2P.I2/c1-10-7(9)6(8)4-5-11(2)3;1-2/h6H,4-5,8H2,1-3H3;. The molecule has 2 N–H and O–H groups in total. The molecule has 0 aromatic carbocycles. The van der Waals surface area contributed by atoms with Crippen LogP contribution >= 0.6 is 45.2 Å². The number of hydrogen-bond donors (Lipinski definition) is 1. The number of carbonyl (C=O) groups excluding carboxylic acids is 1. The van der Waals surface area contributed by atoms with Gasteiger partial charge in [0.15, 0.2) is 0 Å². The van der Waals surface area contributed by atoms with E-state index in [0.717, 1.165) is 12.6 Å². The van der Waals surface area contributed by atoms with Gasteiger partial charge in [0.2, 0.25) is 0 Å². The maximum Gasteiger partial charge on any atom is 0.322 e. The summed E-state index contributed by atoms with van der Waals surface area (Å²) in [7, 11) is 1.41. The fourth-order valence-corrected chi connectivity index (χ4v) is 1.46. The second-order valence-corrected chi connectivity index (χ2v) is 5.33. The van der Waals surface area contributed by atoms with Crippen LogP contribution in [0.1, 0.15) is 6.42 Å². The molecular weight excluding hydrogens is 415 g/mol. The quantitative estimate of drug-likeness (QED) is 0.423. The molecule has 80 valence electrons. The molecule has 0 radical (unpaired) electrons. The highest BCUT2D eigenvalue weighted by Gasteiger charge is 2.12. The molecule has 13 heavy (non-hydrogen) atoms. The van der Waals surface area contributed by atoms with Gasteiger partial charge in [-0.05, 0) is 25.9 Å². The van der Waals surface area contributed by atoms with E-state index in [-0.39, 0.29) is 13.9 Å². The molecule has 1 unspecified atom stereocenters. The lowest BCUT2D eigenvalue weighted by molar-refractivity contribution is -0.142. The van der Waals surface area contributed by atoms with Gasteiger partial charge in [-0.3, -0.25) is 4.79 Å². The third-order valence-electron chi connectivity index (χ3n) is 1.39. The van der Waals surface area contributed by atoms with E-state index >= 15 is 0 Å². The number of rotatable bonds is 4. The highest BCUT2D eigenvalue weighted by Crippen LogP contribution is 2.25. The highest BCUT2D eigenvalue weighted by atomic mass is 128. The van der Waals surface area contributed by atoms with Gasteiger partial charge in [0.1, 0.15) is 6.04 Å². The van der Waals surface area contributed by atoms with Gasteiger partial charge in [-0.15, -0.1) is 7.92 Å². The van der Waals surface area contributed by atoms with Crippen molar-refractivity contribution in [1.29, 1.82) is 0 Å². The van der Waals surface area contributed by atoms with E-state index in [9.17, 15) is 4.79 Å². The van der Waals surface area contributed by atoms with Crippen LogP contribution in [0.4, 0.5) is 0 Å². The zero-order valence-corrected chi connectivity index (χ0v) is 13.3. The molecule has 0 aromatic rings. The summed E-state index contributed by atoms with van der Waals surface area (Å²) in [6.45, 7) is 4.33. The molecule has 1 atom stereocenters. The lowest BCUT2D eigenvalue weighted by Gasteiger charge is -2.10. The normalized spacial score (nSPS) is 11.6. The SMILES string of the molecule is COC(=O)C(N)CCP(C)C.II. The third kappa shape index (κ3) is 11.2. The number of carbonyl (C=O) groups is 1. The number of methoxy groups -OCH3 is 1. The van der Waals surface area contributed by atoms with Crippen LogP contribution in [-0.4, -0.2) is 38.6 Å². The fraction of sp³-hybridized carbons (Fsp3) is 0.857. The maximum absolute atomic E-state index is 10.8. The van der Waals surface area contributed by atoms with Crippen LogP contribution in [0.25, 0.3) is 0 Å². The smallest absolute Gasteiger partial charge is 0.322 e. The Bertz CT molecular complexity index is 136. The van der Waals surface area contributed by atoms with Crippen LogP contribution in [0.5, 0.6) is 0 Å². The largest absolute Gasteiger partial charge is 0.468 e. The summed E-state index contributed by atoms with van der Waals surface area (Å²) in [5.74, 6) is -0.304. The van der Waals surface area contributed by atoms with Crippen molar-refractivity contribution in [2.24, 2.45) is 5.73 Å². The summed E-state index contributed by atoms with van der Waals surface area (Å²) >= 11 is 4.24. The highest BCUT2D eigenvalue weighted by molar-refractivity contribution is 15.0. The molecular formula is C7H16I2NO2P. The van der Waals surface area contributed by atoms with Crippen molar-refractivity contribution in [3.63, 3.8) is 0 Å². The first-order valence-electron chi connectivity index (χ1n) is 3.70. The lowest BCUT2D eigenvalue weighted by atomic mass is 10.2. The summed E-state index contributed by atoms with van der Waals surface area (Å²) < 4.78 is 4.49.